The number of amides is 1. The van der Waals surface area contributed by atoms with E-state index >= 15 is 0 Å². The van der Waals surface area contributed by atoms with E-state index in [-0.39, 0.29) is 5.56 Å². The molecule has 1 aromatic heterocycles. The standard InChI is InChI=1S/C18H13IN4O4/c19-12-6-8-13(9-7-12)23-17(26)14(16(25)21-18(23)27)10-20-22-15(24)11-4-2-1-3-5-11/h1-10,26H,(H,22,24)(H,21,25,27). The van der Waals surface area contributed by atoms with Crippen molar-refractivity contribution >= 4 is 34.7 Å². The van der Waals surface area contributed by atoms with Crippen molar-refractivity contribution in [1.29, 1.82) is 0 Å². The van der Waals surface area contributed by atoms with Gasteiger partial charge in [-0.25, -0.2) is 14.8 Å². The Bertz CT molecular complexity index is 1120. The summed E-state index contributed by atoms with van der Waals surface area (Å²) >= 11 is 2.11. The van der Waals surface area contributed by atoms with Gasteiger partial charge in [0.2, 0.25) is 5.88 Å². The van der Waals surface area contributed by atoms with E-state index < -0.39 is 23.0 Å². The van der Waals surface area contributed by atoms with Crippen LogP contribution in [-0.2, 0) is 0 Å². The van der Waals surface area contributed by atoms with E-state index in [9.17, 15) is 19.5 Å². The maximum absolute atomic E-state index is 12.1. The zero-order valence-electron chi connectivity index (χ0n) is 13.7. The minimum atomic E-state index is -0.822. The van der Waals surface area contributed by atoms with Crippen molar-refractivity contribution < 1.29 is 9.90 Å². The predicted molar refractivity (Wildman–Crippen MR) is 109 cm³/mol. The number of nitrogens with zero attached hydrogens (tertiary/aromatic N) is 2. The SMILES string of the molecule is O=C(NN=Cc1c(O)n(-c2ccc(I)cc2)c(=O)[nH]c1=O)c1ccccc1. The Balaban J connectivity index is 1.93. The maximum Gasteiger partial charge on any atom is 0.335 e. The van der Waals surface area contributed by atoms with Crippen molar-refractivity contribution in [2.75, 3.05) is 0 Å². The van der Waals surface area contributed by atoms with Crippen LogP contribution in [0.25, 0.3) is 5.69 Å². The second kappa shape index (κ2) is 7.99. The van der Waals surface area contributed by atoms with Gasteiger partial charge >= 0.3 is 5.69 Å². The third-order valence-electron chi connectivity index (χ3n) is 3.60. The van der Waals surface area contributed by atoms with E-state index in [1.807, 2.05) is 0 Å². The monoisotopic (exact) mass is 476 g/mol. The molecular weight excluding hydrogens is 463 g/mol. The Hall–Kier alpha value is -3.21. The molecule has 8 nitrogen and oxygen atoms in total. The summed E-state index contributed by atoms with van der Waals surface area (Å²) in [6.45, 7) is 0. The number of aromatic hydroxyl groups is 1. The summed E-state index contributed by atoms with van der Waals surface area (Å²) in [7, 11) is 0. The summed E-state index contributed by atoms with van der Waals surface area (Å²) in [5, 5.41) is 14.1. The highest BCUT2D eigenvalue weighted by Gasteiger charge is 2.14. The molecule has 1 amide bonds. The zero-order valence-corrected chi connectivity index (χ0v) is 15.9. The fourth-order valence-electron chi connectivity index (χ4n) is 2.29. The highest BCUT2D eigenvalue weighted by Crippen LogP contribution is 2.16. The maximum atomic E-state index is 12.1. The molecule has 0 radical (unpaired) electrons. The van der Waals surface area contributed by atoms with E-state index in [1.165, 1.54) is 0 Å². The second-order valence-electron chi connectivity index (χ2n) is 5.37. The number of carbonyl (C=O) groups excluding carboxylic acids is 1. The van der Waals surface area contributed by atoms with Crippen LogP contribution in [0.4, 0.5) is 0 Å². The molecule has 27 heavy (non-hydrogen) atoms. The van der Waals surface area contributed by atoms with Crippen LogP contribution in [0.3, 0.4) is 0 Å². The first-order valence-corrected chi connectivity index (χ1v) is 8.78. The van der Waals surface area contributed by atoms with Gasteiger partial charge in [0.1, 0.15) is 5.56 Å². The van der Waals surface area contributed by atoms with E-state index in [0.717, 1.165) is 14.4 Å². The molecule has 1 heterocycles. The first-order chi connectivity index (χ1) is 13.0. The summed E-state index contributed by atoms with van der Waals surface area (Å²) in [5.41, 5.74) is 1.15. The van der Waals surface area contributed by atoms with Crippen LogP contribution in [-0.4, -0.2) is 26.8 Å². The second-order valence-corrected chi connectivity index (χ2v) is 6.62. The molecule has 9 heteroatoms. The minimum absolute atomic E-state index is 0.262. The highest BCUT2D eigenvalue weighted by atomic mass is 127. The molecule has 3 N–H and O–H groups in total. The van der Waals surface area contributed by atoms with Crippen molar-refractivity contribution in [1.82, 2.24) is 15.0 Å². The molecule has 0 spiro atoms. The van der Waals surface area contributed by atoms with Gasteiger partial charge in [-0.2, -0.15) is 5.10 Å². The molecule has 0 aliphatic heterocycles. The summed E-state index contributed by atoms with van der Waals surface area (Å²) in [6.07, 6.45) is 0.984. The molecule has 0 atom stereocenters. The lowest BCUT2D eigenvalue weighted by molar-refractivity contribution is 0.0955. The number of hydrogen-bond acceptors (Lipinski definition) is 5. The van der Waals surface area contributed by atoms with Crippen molar-refractivity contribution in [3.63, 3.8) is 0 Å². The quantitative estimate of drug-likeness (QED) is 0.301. The Morgan fingerprint density at radius 1 is 1.11 bits per heavy atom. The summed E-state index contributed by atoms with van der Waals surface area (Å²) in [5.74, 6) is -1.06. The summed E-state index contributed by atoms with van der Waals surface area (Å²) < 4.78 is 1.89. The van der Waals surface area contributed by atoms with Gasteiger partial charge in [-0.1, -0.05) is 18.2 Å². The molecule has 0 fully saturated rings. The van der Waals surface area contributed by atoms with Crippen LogP contribution in [0.15, 0.2) is 69.3 Å². The van der Waals surface area contributed by atoms with Crippen molar-refractivity contribution in [2.24, 2.45) is 5.10 Å². The molecule has 0 unspecified atom stereocenters. The smallest absolute Gasteiger partial charge is 0.335 e. The summed E-state index contributed by atoms with van der Waals surface area (Å²) in [6, 6.07) is 15.1. The lowest BCUT2D eigenvalue weighted by Crippen LogP contribution is -2.31. The number of nitrogens with one attached hydrogen (secondary N) is 2. The van der Waals surface area contributed by atoms with Gasteiger partial charge in [0, 0.05) is 9.13 Å². The van der Waals surface area contributed by atoms with Crippen molar-refractivity contribution in [2.45, 2.75) is 0 Å². The van der Waals surface area contributed by atoms with Gasteiger partial charge in [-0.05, 0) is 59.0 Å². The number of rotatable bonds is 4. The van der Waals surface area contributed by atoms with E-state index in [1.54, 1.807) is 54.6 Å². The third-order valence-corrected chi connectivity index (χ3v) is 4.32. The van der Waals surface area contributed by atoms with Gasteiger partial charge in [-0.3, -0.25) is 14.6 Å². The van der Waals surface area contributed by atoms with E-state index in [0.29, 0.717) is 11.3 Å². The predicted octanol–water partition coefficient (Wildman–Crippen LogP) is 1.60. The number of carbonyl (C=O) groups is 1. The molecular formula is C18H13IN4O4. The van der Waals surface area contributed by atoms with Crippen LogP contribution in [0, 0.1) is 3.57 Å². The molecule has 0 aliphatic rings. The fraction of sp³-hybridized carbons (Fsp3) is 0. The zero-order chi connectivity index (χ0) is 19.4. The largest absolute Gasteiger partial charge is 0.493 e. The van der Waals surface area contributed by atoms with Crippen LogP contribution in [0.2, 0.25) is 0 Å². The normalized spacial score (nSPS) is 10.9. The number of hydrazone groups is 1. The van der Waals surface area contributed by atoms with Crippen molar-refractivity contribution in [3.8, 4) is 11.6 Å². The number of H-pyrrole nitrogens is 1. The van der Waals surface area contributed by atoms with Gasteiger partial charge in [0.15, 0.2) is 0 Å². The highest BCUT2D eigenvalue weighted by molar-refractivity contribution is 14.1. The first kappa shape index (κ1) is 18.6. The Kier molecular flexibility index (Phi) is 5.50. The summed E-state index contributed by atoms with van der Waals surface area (Å²) in [4.78, 5) is 38.2. The van der Waals surface area contributed by atoms with Crippen molar-refractivity contribution in [3.05, 3.63) is 90.1 Å². The molecule has 0 aliphatic carbocycles. The molecule has 136 valence electrons. The molecule has 3 rings (SSSR count). The van der Waals surface area contributed by atoms with Crippen LogP contribution < -0.4 is 16.7 Å². The Morgan fingerprint density at radius 3 is 2.44 bits per heavy atom. The van der Waals surface area contributed by atoms with Gasteiger partial charge in [0.25, 0.3) is 11.5 Å². The third kappa shape index (κ3) is 4.14. The van der Waals surface area contributed by atoms with Gasteiger partial charge in [0.05, 0.1) is 11.9 Å². The van der Waals surface area contributed by atoms with Crippen LogP contribution >= 0.6 is 22.6 Å². The van der Waals surface area contributed by atoms with E-state index in [4.69, 9.17) is 0 Å². The Labute approximate surface area is 166 Å². The average Bonchev–Trinajstić information content (AvgIpc) is 2.66. The average molecular weight is 476 g/mol. The fourth-order valence-corrected chi connectivity index (χ4v) is 2.65. The number of hydrogen-bond donors (Lipinski definition) is 3. The lowest BCUT2D eigenvalue weighted by atomic mass is 10.2. The topological polar surface area (TPSA) is 117 Å². The molecule has 0 saturated heterocycles. The number of halogens is 1. The van der Waals surface area contributed by atoms with E-state index in [2.05, 4.69) is 38.1 Å². The number of aromatic nitrogens is 2. The number of benzene rings is 2. The minimum Gasteiger partial charge on any atom is -0.493 e. The molecule has 0 saturated carbocycles. The Morgan fingerprint density at radius 2 is 1.78 bits per heavy atom. The molecule has 2 aromatic carbocycles. The molecule has 0 bridgehead atoms. The van der Waals surface area contributed by atoms with Crippen LogP contribution in [0.5, 0.6) is 5.88 Å². The van der Waals surface area contributed by atoms with Crippen LogP contribution in [0.1, 0.15) is 15.9 Å². The lowest BCUT2D eigenvalue weighted by Gasteiger charge is -2.09. The molecule has 3 aromatic rings. The van der Waals surface area contributed by atoms with Gasteiger partial charge in [-0.15, -0.1) is 0 Å². The van der Waals surface area contributed by atoms with Gasteiger partial charge < -0.3 is 5.11 Å². The first-order valence-electron chi connectivity index (χ1n) is 7.70. The number of aromatic amines is 1.